The largest absolute Gasteiger partial charge is 0.383 e. The van der Waals surface area contributed by atoms with Crippen LogP contribution >= 0.6 is 11.6 Å². The summed E-state index contributed by atoms with van der Waals surface area (Å²) in [7, 11) is 0. The number of anilines is 1. The average molecular weight is 298 g/mol. The van der Waals surface area contributed by atoms with Crippen LogP contribution in [0.1, 0.15) is 17.7 Å². The van der Waals surface area contributed by atoms with Crippen LogP contribution in [0.15, 0.2) is 24.3 Å². The number of nitrogens with zero attached hydrogens (tertiary/aromatic N) is 3. The summed E-state index contributed by atoms with van der Waals surface area (Å²) < 4.78 is 27.3. The van der Waals surface area contributed by atoms with Crippen LogP contribution in [0.2, 0.25) is 5.02 Å². The second-order valence-corrected chi connectivity index (χ2v) is 4.68. The first kappa shape index (κ1) is 12.9. The third-order valence-corrected chi connectivity index (χ3v) is 3.36. The van der Waals surface area contributed by atoms with Crippen molar-refractivity contribution in [3.8, 4) is 0 Å². The van der Waals surface area contributed by atoms with Crippen LogP contribution in [0.25, 0.3) is 11.0 Å². The van der Waals surface area contributed by atoms with Gasteiger partial charge in [0, 0.05) is 5.02 Å². The van der Waals surface area contributed by atoms with Crippen molar-refractivity contribution in [2.45, 2.75) is 13.0 Å². The van der Waals surface area contributed by atoms with Gasteiger partial charge in [0.25, 0.3) is 6.43 Å². The summed E-state index contributed by atoms with van der Waals surface area (Å²) in [5, 5.41) is 11.0. The number of nitrogens with one attached hydrogen (secondary N) is 1. The van der Waals surface area contributed by atoms with Crippen LogP contribution in [0.4, 0.5) is 14.6 Å². The first-order chi connectivity index (χ1) is 9.58. The summed E-state index contributed by atoms with van der Waals surface area (Å²) >= 11 is 6.06. The Kier molecular flexibility index (Phi) is 3.06. The number of nitrogens with two attached hydrogens (primary N) is 1. The van der Waals surface area contributed by atoms with Crippen LogP contribution in [0.3, 0.4) is 0 Å². The van der Waals surface area contributed by atoms with Gasteiger partial charge in [-0.05, 0) is 11.6 Å². The molecule has 2 aromatic heterocycles. The zero-order valence-electron chi connectivity index (χ0n) is 10.1. The van der Waals surface area contributed by atoms with E-state index in [9.17, 15) is 8.78 Å². The van der Waals surface area contributed by atoms with Crippen molar-refractivity contribution in [2.75, 3.05) is 5.73 Å². The maximum Gasteiger partial charge on any atom is 0.282 e. The second-order valence-electron chi connectivity index (χ2n) is 4.27. The smallest absolute Gasteiger partial charge is 0.282 e. The predicted molar refractivity (Wildman–Crippen MR) is 71.8 cm³/mol. The third-order valence-electron chi connectivity index (χ3n) is 2.99. The monoisotopic (exact) mass is 297 g/mol. The molecule has 0 unspecified atom stereocenters. The number of benzene rings is 1. The quantitative estimate of drug-likeness (QED) is 0.780. The van der Waals surface area contributed by atoms with Gasteiger partial charge in [-0.15, -0.1) is 0 Å². The van der Waals surface area contributed by atoms with E-state index in [4.69, 9.17) is 17.3 Å². The van der Waals surface area contributed by atoms with Gasteiger partial charge in [-0.25, -0.2) is 13.5 Å². The van der Waals surface area contributed by atoms with E-state index in [1.165, 1.54) is 4.68 Å². The molecule has 0 radical (unpaired) electrons. The van der Waals surface area contributed by atoms with Gasteiger partial charge in [0.1, 0.15) is 11.5 Å². The molecule has 3 aromatic rings. The van der Waals surface area contributed by atoms with E-state index in [0.29, 0.717) is 5.02 Å². The molecule has 0 amide bonds. The number of aromatic nitrogens is 4. The number of alkyl halides is 2. The van der Waals surface area contributed by atoms with Gasteiger partial charge in [-0.3, -0.25) is 5.10 Å². The number of hydrogen-bond donors (Lipinski definition) is 2. The number of rotatable bonds is 3. The highest BCUT2D eigenvalue weighted by Crippen LogP contribution is 2.30. The highest BCUT2D eigenvalue weighted by atomic mass is 35.5. The highest BCUT2D eigenvalue weighted by Gasteiger charge is 2.23. The molecule has 5 nitrogen and oxygen atoms in total. The van der Waals surface area contributed by atoms with Crippen LogP contribution < -0.4 is 5.73 Å². The Labute approximate surface area is 117 Å². The molecule has 0 atom stereocenters. The lowest BCUT2D eigenvalue weighted by Gasteiger charge is -2.04. The predicted octanol–water partition coefficient (Wildman–Crippen LogP) is 2.98. The Morgan fingerprint density at radius 2 is 2.10 bits per heavy atom. The maximum absolute atomic E-state index is 13.0. The maximum atomic E-state index is 13.0. The Balaban J connectivity index is 2.11. The first-order valence-corrected chi connectivity index (χ1v) is 6.17. The summed E-state index contributed by atoms with van der Waals surface area (Å²) in [5.41, 5.74) is 6.30. The van der Waals surface area contributed by atoms with Crippen LogP contribution in [-0.4, -0.2) is 20.0 Å². The van der Waals surface area contributed by atoms with E-state index in [-0.39, 0.29) is 29.1 Å². The van der Waals surface area contributed by atoms with Gasteiger partial charge in [0.15, 0.2) is 5.65 Å². The van der Waals surface area contributed by atoms with Gasteiger partial charge >= 0.3 is 0 Å². The minimum Gasteiger partial charge on any atom is -0.383 e. The van der Waals surface area contributed by atoms with Gasteiger partial charge < -0.3 is 5.73 Å². The van der Waals surface area contributed by atoms with Gasteiger partial charge in [0.05, 0.1) is 11.9 Å². The van der Waals surface area contributed by atoms with Crippen LogP contribution in [0, 0.1) is 0 Å². The highest BCUT2D eigenvalue weighted by molar-refractivity contribution is 6.31. The summed E-state index contributed by atoms with van der Waals surface area (Å²) in [6.07, 6.45) is -2.72. The molecule has 0 saturated carbocycles. The molecule has 0 aliphatic carbocycles. The lowest BCUT2D eigenvalue weighted by molar-refractivity contribution is 0.146. The molecule has 8 heteroatoms. The Hall–Kier alpha value is -2.15. The minimum absolute atomic E-state index is 0.0840. The van der Waals surface area contributed by atoms with E-state index in [1.54, 1.807) is 18.2 Å². The Morgan fingerprint density at radius 1 is 1.35 bits per heavy atom. The number of aromatic amines is 1. The average Bonchev–Trinajstić information content (AvgIpc) is 2.95. The lowest BCUT2D eigenvalue weighted by Crippen LogP contribution is -2.04. The summed E-state index contributed by atoms with van der Waals surface area (Å²) in [4.78, 5) is 0. The molecule has 3 rings (SSSR count). The lowest BCUT2D eigenvalue weighted by atomic mass is 10.2. The SMILES string of the molecule is Nc1[nH]nc2c1c(C(F)F)nn2Cc1ccccc1Cl. The topological polar surface area (TPSA) is 72.5 Å². The van der Waals surface area contributed by atoms with E-state index in [1.807, 2.05) is 6.07 Å². The second kappa shape index (κ2) is 4.75. The Morgan fingerprint density at radius 3 is 2.80 bits per heavy atom. The third kappa shape index (κ3) is 2.00. The summed E-state index contributed by atoms with van der Waals surface area (Å²) in [6, 6.07) is 7.13. The number of H-pyrrole nitrogens is 1. The number of nitrogen functional groups attached to an aromatic ring is 1. The van der Waals surface area contributed by atoms with Crippen molar-refractivity contribution in [3.05, 3.63) is 40.5 Å². The molecule has 20 heavy (non-hydrogen) atoms. The fourth-order valence-corrected chi connectivity index (χ4v) is 2.26. The van der Waals surface area contributed by atoms with Crippen molar-refractivity contribution >= 4 is 28.5 Å². The van der Waals surface area contributed by atoms with E-state index < -0.39 is 6.43 Å². The van der Waals surface area contributed by atoms with Crippen molar-refractivity contribution in [1.82, 2.24) is 20.0 Å². The zero-order valence-corrected chi connectivity index (χ0v) is 10.9. The van der Waals surface area contributed by atoms with Crippen LogP contribution in [0.5, 0.6) is 0 Å². The van der Waals surface area contributed by atoms with Crippen molar-refractivity contribution in [2.24, 2.45) is 0 Å². The molecule has 0 aliphatic heterocycles. The fourth-order valence-electron chi connectivity index (χ4n) is 2.06. The van der Waals surface area contributed by atoms with E-state index in [0.717, 1.165) is 5.56 Å². The molecule has 0 fully saturated rings. The molecule has 0 aliphatic rings. The van der Waals surface area contributed by atoms with E-state index >= 15 is 0 Å². The normalized spacial score (nSPS) is 11.6. The number of fused-ring (bicyclic) bond motifs is 1. The minimum atomic E-state index is -2.72. The molecular formula is C12H10ClF2N5. The molecular weight excluding hydrogens is 288 g/mol. The zero-order chi connectivity index (χ0) is 14.3. The van der Waals surface area contributed by atoms with E-state index in [2.05, 4.69) is 15.3 Å². The summed E-state index contributed by atoms with van der Waals surface area (Å²) in [5.74, 6) is 0.0840. The molecule has 1 aromatic carbocycles. The molecule has 0 bridgehead atoms. The molecule has 0 spiro atoms. The standard InChI is InChI=1S/C12H10ClF2N5/c13-7-4-2-1-3-6(7)5-20-12-8(11(16)17-18-12)9(19-20)10(14)15/h1-4,10H,5H2,(H3,16,17,18). The molecule has 3 N–H and O–H groups in total. The van der Waals surface area contributed by atoms with Crippen molar-refractivity contribution in [3.63, 3.8) is 0 Å². The van der Waals surface area contributed by atoms with Crippen LogP contribution in [-0.2, 0) is 6.54 Å². The van der Waals surface area contributed by atoms with Gasteiger partial charge in [0.2, 0.25) is 0 Å². The van der Waals surface area contributed by atoms with Crippen molar-refractivity contribution < 1.29 is 8.78 Å². The number of hydrogen-bond acceptors (Lipinski definition) is 3. The first-order valence-electron chi connectivity index (χ1n) is 5.79. The Bertz CT molecular complexity index is 764. The van der Waals surface area contributed by atoms with Gasteiger partial charge in [-0.2, -0.15) is 10.2 Å². The molecule has 104 valence electrons. The van der Waals surface area contributed by atoms with Crippen molar-refractivity contribution in [1.29, 1.82) is 0 Å². The molecule has 0 saturated heterocycles. The van der Waals surface area contributed by atoms with Gasteiger partial charge in [-0.1, -0.05) is 29.8 Å². The number of halogens is 3. The fraction of sp³-hybridized carbons (Fsp3) is 0.167. The molecule has 2 heterocycles. The summed E-state index contributed by atoms with van der Waals surface area (Å²) in [6.45, 7) is 0.243.